The van der Waals surface area contributed by atoms with Crippen LogP contribution in [0.25, 0.3) is 22.2 Å². The number of aryl methyl sites for hydroxylation is 2. The molecule has 0 bridgehead atoms. The maximum absolute atomic E-state index is 4.84. The molecule has 0 aliphatic rings. The molecule has 4 heterocycles. The predicted octanol–water partition coefficient (Wildman–Crippen LogP) is 6.03. The first-order valence-corrected chi connectivity index (χ1v) is 10.9. The molecule has 164 valence electrons. The average Bonchev–Trinajstić information content (AvgIpc) is 2.82. The highest BCUT2D eigenvalue weighted by atomic mass is 15.0. The fourth-order valence-corrected chi connectivity index (χ4v) is 3.65. The number of hydrogen-bond acceptors (Lipinski definition) is 5. The van der Waals surface area contributed by atoms with E-state index in [1.807, 2.05) is 62.6 Å². The molecule has 5 heteroatoms. The van der Waals surface area contributed by atoms with Crippen LogP contribution in [-0.4, -0.2) is 26.5 Å². The molecule has 0 atom stereocenters. The van der Waals surface area contributed by atoms with Crippen LogP contribution in [0.2, 0.25) is 0 Å². The average molecular weight is 434 g/mol. The molecule has 0 aromatic carbocycles. The highest BCUT2D eigenvalue weighted by Crippen LogP contribution is 2.25. The maximum atomic E-state index is 4.84. The molecule has 5 nitrogen and oxygen atoms in total. The van der Waals surface area contributed by atoms with Crippen molar-refractivity contribution < 1.29 is 0 Å². The summed E-state index contributed by atoms with van der Waals surface area (Å²) in [6, 6.07) is 14.2. The van der Waals surface area contributed by atoms with Gasteiger partial charge < -0.3 is 5.32 Å². The molecule has 0 saturated carbocycles. The maximum Gasteiger partial charge on any atom is 0.135 e. The Hall–Kier alpha value is -4.12. The van der Waals surface area contributed by atoms with Gasteiger partial charge in [0.2, 0.25) is 0 Å². The van der Waals surface area contributed by atoms with Crippen LogP contribution in [0.15, 0.2) is 97.5 Å². The Morgan fingerprint density at radius 1 is 0.939 bits per heavy atom. The molecular formula is C28H27N5. The Morgan fingerprint density at radius 2 is 1.73 bits per heavy atom. The summed E-state index contributed by atoms with van der Waals surface area (Å²) < 4.78 is 0. The molecule has 0 saturated heterocycles. The fourth-order valence-electron chi connectivity index (χ4n) is 3.65. The largest absolute Gasteiger partial charge is 0.365 e. The van der Waals surface area contributed by atoms with Crippen molar-refractivity contribution >= 4 is 16.7 Å². The summed E-state index contributed by atoms with van der Waals surface area (Å²) in [5.74, 6) is 0.811. The molecule has 4 aromatic rings. The third-order valence-electron chi connectivity index (χ3n) is 5.25. The van der Waals surface area contributed by atoms with E-state index in [4.69, 9.17) is 4.98 Å². The molecule has 0 fully saturated rings. The summed E-state index contributed by atoms with van der Waals surface area (Å²) >= 11 is 0. The van der Waals surface area contributed by atoms with Crippen LogP contribution in [0, 0.1) is 13.8 Å². The fraction of sp³-hybridized carbons (Fsp3) is 0.143. The minimum atomic E-state index is 0.634. The van der Waals surface area contributed by atoms with Gasteiger partial charge in [0.1, 0.15) is 5.82 Å². The van der Waals surface area contributed by atoms with Crippen molar-refractivity contribution in [3.05, 3.63) is 114 Å². The van der Waals surface area contributed by atoms with Crippen molar-refractivity contribution in [2.24, 2.45) is 0 Å². The topological polar surface area (TPSA) is 63.6 Å². The van der Waals surface area contributed by atoms with E-state index < -0.39 is 0 Å². The number of aromatic nitrogens is 4. The van der Waals surface area contributed by atoms with E-state index in [0.717, 1.165) is 51.4 Å². The first kappa shape index (κ1) is 22.1. The SMILES string of the molecule is C=C/C=C(\C=C/Cc1ccnc(C)c1)CNc1nccc2nc(-c3ccnc(C)c3)ccc12. The van der Waals surface area contributed by atoms with Crippen LogP contribution in [0.3, 0.4) is 0 Å². The zero-order valence-electron chi connectivity index (χ0n) is 19.0. The van der Waals surface area contributed by atoms with Gasteiger partial charge in [-0.3, -0.25) is 9.97 Å². The van der Waals surface area contributed by atoms with E-state index >= 15 is 0 Å². The molecular weight excluding hydrogens is 406 g/mol. The van der Waals surface area contributed by atoms with Gasteiger partial charge in [-0.1, -0.05) is 30.9 Å². The second-order valence-electron chi connectivity index (χ2n) is 7.85. The van der Waals surface area contributed by atoms with Crippen molar-refractivity contribution in [1.82, 2.24) is 19.9 Å². The first-order chi connectivity index (χ1) is 16.1. The highest BCUT2D eigenvalue weighted by Gasteiger charge is 2.07. The summed E-state index contributed by atoms with van der Waals surface area (Å²) in [6.07, 6.45) is 14.4. The minimum absolute atomic E-state index is 0.634. The zero-order chi connectivity index (χ0) is 23.0. The van der Waals surface area contributed by atoms with Gasteiger partial charge in [0.15, 0.2) is 0 Å². The number of nitrogens with one attached hydrogen (secondary N) is 1. The molecule has 0 radical (unpaired) electrons. The van der Waals surface area contributed by atoms with Gasteiger partial charge in [-0.2, -0.15) is 0 Å². The van der Waals surface area contributed by atoms with Crippen molar-refractivity contribution in [2.75, 3.05) is 11.9 Å². The number of allylic oxidation sites excluding steroid dienone is 3. The minimum Gasteiger partial charge on any atom is -0.365 e. The normalized spacial score (nSPS) is 11.8. The lowest BCUT2D eigenvalue weighted by Crippen LogP contribution is -2.06. The van der Waals surface area contributed by atoms with E-state index in [1.54, 1.807) is 12.3 Å². The van der Waals surface area contributed by atoms with E-state index in [2.05, 4.69) is 51.1 Å². The summed E-state index contributed by atoms with van der Waals surface area (Å²) in [7, 11) is 0. The molecule has 0 amide bonds. The van der Waals surface area contributed by atoms with Gasteiger partial charge in [-0.05, 0) is 73.9 Å². The summed E-state index contributed by atoms with van der Waals surface area (Å²) in [6.45, 7) is 8.48. The van der Waals surface area contributed by atoms with Gasteiger partial charge >= 0.3 is 0 Å². The third-order valence-corrected chi connectivity index (χ3v) is 5.25. The smallest absolute Gasteiger partial charge is 0.135 e. The third kappa shape index (κ3) is 5.77. The van der Waals surface area contributed by atoms with Crippen LogP contribution in [0.5, 0.6) is 0 Å². The Kier molecular flexibility index (Phi) is 7.00. The first-order valence-electron chi connectivity index (χ1n) is 10.9. The predicted molar refractivity (Wildman–Crippen MR) is 136 cm³/mol. The molecule has 0 aliphatic heterocycles. The monoisotopic (exact) mass is 433 g/mol. The molecule has 4 rings (SSSR count). The number of nitrogens with zero attached hydrogens (tertiary/aromatic N) is 4. The number of pyridine rings is 4. The lowest BCUT2D eigenvalue weighted by Gasteiger charge is -2.10. The van der Waals surface area contributed by atoms with Gasteiger partial charge in [0.05, 0.1) is 11.2 Å². The van der Waals surface area contributed by atoms with E-state index in [9.17, 15) is 0 Å². The number of anilines is 1. The van der Waals surface area contributed by atoms with Crippen LogP contribution in [0.4, 0.5) is 5.82 Å². The number of rotatable bonds is 8. The standard InChI is InChI=1S/C28H27N5/c1-4-6-23(8-5-7-22-11-14-29-20(2)17-22)19-32-28-25-9-10-26(33-27(25)13-16-31-28)24-12-15-30-21(3)18-24/h4-6,8-18H,1,7,19H2,2-3H3,(H,31,32)/b8-5-,23-6+. The van der Waals surface area contributed by atoms with Crippen LogP contribution in [0.1, 0.15) is 17.0 Å². The van der Waals surface area contributed by atoms with Crippen molar-refractivity contribution in [3.8, 4) is 11.3 Å². The van der Waals surface area contributed by atoms with E-state index in [0.29, 0.717) is 6.54 Å². The second kappa shape index (κ2) is 10.5. The molecule has 0 aliphatic carbocycles. The molecule has 33 heavy (non-hydrogen) atoms. The molecule has 4 aromatic heterocycles. The molecule has 1 N–H and O–H groups in total. The summed E-state index contributed by atoms with van der Waals surface area (Å²) in [5.41, 5.74) is 7.24. The second-order valence-corrected chi connectivity index (χ2v) is 7.85. The van der Waals surface area contributed by atoms with Gasteiger partial charge in [-0.25, -0.2) is 9.97 Å². The molecule has 0 unspecified atom stereocenters. The lowest BCUT2D eigenvalue weighted by atomic mass is 10.1. The van der Waals surface area contributed by atoms with Gasteiger partial charge in [0.25, 0.3) is 0 Å². The van der Waals surface area contributed by atoms with Crippen molar-refractivity contribution in [3.63, 3.8) is 0 Å². The quantitative estimate of drug-likeness (QED) is 0.344. The van der Waals surface area contributed by atoms with Crippen LogP contribution >= 0.6 is 0 Å². The Labute approximate surface area is 194 Å². The Bertz CT molecular complexity index is 1340. The van der Waals surface area contributed by atoms with E-state index in [1.165, 1.54) is 5.56 Å². The van der Waals surface area contributed by atoms with Crippen molar-refractivity contribution in [1.29, 1.82) is 0 Å². The zero-order valence-corrected chi connectivity index (χ0v) is 19.0. The van der Waals surface area contributed by atoms with Crippen molar-refractivity contribution in [2.45, 2.75) is 20.3 Å². The van der Waals surface area contributed by atoms with Crippen LogP contribution < -0.4 is 5.32 Å². The van der Waals surface area contributed by atoms with Crippen LogP contribution in [-0.2, 0) is 6.42 Å². The number of fused-ring (bicyclic) bond motifs is 1. The Balaban J connectivity index is 1.49. The summed E-state index contributed by atoms with van der Waals surface area (Å²) in [4.78, 5) is 17.9. The van der Waals surface area contributed by atoms with Gasteiger partial charge in [-0.15, -0.1) is 0 Å². The number of hydrogen-bond donors (Lipinski definition) is 1. The highest BCUT2D eigenvalue weighted by molar-refractivity contribution is 5.90. The van der Waals surface area contributed by atoms with Gasteiger partial charge in [0, 0.05) is 47.5 Å². The summed E-state index contributed by atoms with van der Waals surface area (Å²) in [5, 5.41) is 4.45. The Morgan fingerprint density at radius 3 is 2.52 bits per heavy atom. The van der Waals surface area contributed by atoms with E-state index in [-0.39, 0.29) is 0 Å². The molecule has 0 spiro atoms. The lowest BCUT2D eigenvalue weighted by molar-refractivity contribution is 1.14.